The summed E-state index contributed by atoms with van der Waals surface area (Å²) in [6, 6.07) is 3.35. The maximum atomic E-state index is 10.5. The Balaban J connectivity index is 2.45. The fourth-order valence-corrected chi connectivity index (χ4v) is 2.38. The lowest BCUT2D eigenvalue weighted by atomic mass is 10.1. The second kappa shape index (κ2) is 6.15. The minimum Gasteiger partial charge on any atom is -0.493 e. The number of aryl methyl sites for hydroxylation is 1. The van der Waals surface area contributed by atoms with Crippen molar-refractivity contribution in [2.24, 2.45) is 0 Å². The second-order valence-corrected chi connectivity index (χ2v) is 4.62. The predicted molar refractivity (Wildman–Crippen MR) is 76.5 cm³/mol. The van der Waals surface area contributed by atoms with Crippen LogP contribution in [-0.4, -0.2) is 28.9 Å². The molecule has 0 radical (unpaired) electrons. The first-order chi connectivity index (χ1) is 9.62. The van der Waals surface area contributed by atoms with E-state index in [2.05, 4.69) is 4.98 Å². The van der Waals surface area contributed by atoms with Crippen LogP contribution in [0.15, 0.2) is 24.5 Å². The van der Waals surface area contributed by atoms with Crippen LogP contribution in [0.25, 0.3) is 0 Å². The van der Waals surface area contributed by atoms with Crippen molar-refractivity contribution in [2.75, 3.05) is 14.2 Å². The standard InChI is InChI=1S/C14H17ClN2O3/c1-4-17-6-5-16-14(17)12(18)9-7-10(15)13(20-3)11(8-9)19-2/h5-8,12,18H,4H2,1-3H3. The number of nitrogens with zero attached hydrogens (tertiary/aromatic N) is 2. The van der Waals surface area contributed by atoms with E-state index in [9.17, 15) is 5.11 Å². The van der Waals surface area contributed by atoms with Crippen molar-refractivity contribution in [3.05, 3.63) is 40.9 Å². The van der Waals surface area contributed by atoms with Gasteiger partial charge >= 0.3 is 0 Å². The topological polar surface area (TPSA) is 56.5 Å². The molecule has 0 bridgehead atoms. The summed E-state index contributed by atoms with van der Waals surface area (Å²) in [6.07, 6.45) is 2.60. The smallest absolute Gasteiger partial charge is 0.179 e. The third kappa shape index (κ3) is 2.59. The summed E-state index contributed by atoms with van der Waals surface area (Å²) in [7, 11) is 3.04. The fraction of sp³-hybridized carbons (Fsp3) is 0.357. The van der Waals surface area contributed by atoms with Gasteiger partial charge in [-0.25, -0.2) is 4.98 Å². The number of rotatable bonds is 5. The van der Waals surface area contributed by atoms with Gasteiger partial charge in [-0.05, 0) is 24.6 Å². The monoisotopic (exact) mass is 296 g/mol. The highest BCUT2D eigenvalue weighted by atomic mass is 35.5. The van der Waals surface area contributed by atoms with E-state index in [0.29, 0.717) is 27.9 Å². The molecule has 1 atom stereocenters. The zero-order valence-corrected chi connectivity index (χ0v) is 12.4. The molecular formula is C14H17ClN2O3. The van der Waals surface area contributed by atoms with Crippen molar-refractivity contribution in [2.45, 2.75) is 19.6 Å². The molecular weight excluding hydrogens is 280 g/mol. The van der Waals surface area contributed by atoms with Crippen molar-refractivity contribution in [1.82, 2.24) is 9.55 Å². The molecule has 1 heterocycles. The Morgan fingerprint density at radius 2 is 2.10 bits per heavy atom. The van der Waals surface area contributed by atoms with Crippen molar-refractivity contribution < 1.29 is 14.6 Å². The highest BCUT2D eigenvalue weighted by Crippen LogP contribution is 2.38. The van der Waals surface area contributed by atoms with Crippen molar-refractivity contribution in [3.63, 3.8) is 0 Å². The fourth-order valence-electron chi connectivity index (χ4n) is 2.08. The molecule has 0 saturated heterocycles. The first-order valence-electron chi connectivity index (χ1n) is 6.22. The minimum atomic E-state index is -0.873. The second-order valence-electron chi connectivity index (χ2n) is 4.21. The highest BCUT2D eigenvalue weighted by Gasteiger charge is 2.20. The number of halogens is 1. The van der Waals surface area contributed by atoms with E-state index in [1.54, 1.807) is 18.3 Å². The third-order valence-electron chi connectivity index (χ3n) is 3.10. The van der Waals surface area contributed by atoms with Gasteiger partial charge in [0.2, 0.25) is 0 Å². The van der Waals surface area contributed by atoms with Gasteiger partial charge in [-0.3, -0.25) is 0 Å². The molecule has 6 heteroatoms. The zero-order valence-electron chi connectivity index (χ0n) is 11.6. The largest absolute Gasteiger partial charge is 0.493 e. The van der Waals surface area contributed by atoms with Crippen molar-refractivity contribution >= 4 is 11.6 Å². The van der Waals surface area contributed by atoms with Crippen LogP contribution in [0.2, 0.25) is 5.02 Å². The molecule has 1 N–H and O–H groups in total. The molecule has 0 aliphatic heterocycles. The highest BCUT2D eigenvalue weighted by molar-refractivity contribution is 6.32. The molecule has 108 valence electrons. The van der Waals surface area contributed by atoms with E-state index in [-0.39, 0.29) is 0 Å². The number of aliphatic hydroxyl groups excluding tert-OH is 1. The van der Waals surface area contributed by atoms with Gasteiger partial charge in [-0.15, -0.1) is 0 Å². The van der Waals surface area contributed by atoms with Gasteiger partial charge in [0.25, 0.3) is 0 Å². The Hall–Kier alpha value is -1.72. The number of methoxy groups -OCH3 is 2. The Kier molecular flexibility index (Phi) is 4.52. The summed E-state index contributed by atoms with van der Waals surface area (Å²) < 4.78 is 12.3. The summed E-state index contributed by atoms with van der Waals surface area (Å²) in [5, 5.41) is 10.8. The lowest BCUT2D eigenvalue weighted by Crippen LogP contribution is -2.09. The molecule has 1 unspecified atom stereocenters. The van der Waals surface area contributed by atoms with E-state index < -0.39 is 6.10 Å². The number of benzene rings is 1. The maximum absolute atomic E-state index is 10.5. The van der Waals surface area contributed by atoms with E-state index in [4.69, 9.17) is 21.1 Å². The molecule has 0 amide bonds. The maximum Gasteiger partial charge on any atom is 0.179 e. The van der Waals surface area contributed by atoms with Crippen LogP contribution < -0.4 is 9.47 Å². The quantitative estimate of drug-likeness (QED) is 0.921. The van der Waals surface area contributed by atoms with Crippen LogP contribution in [0, 0.1) is 0 Å². The average molecular weight is 297 g/mol. The summed E-state index contributed by atoms with van der Waals surface area (Å²) in [6.45, 7) is 2.72. The molecule has 0 spiro atoms. The molecule has 0 fully saturated rings. The van der Waals surface area contributed by atoms with E-state index in [1.807, 2.05) is 17.7 Å². The van der Waals surface area contributed by atoms with Crippen molar-refractivity contribution in [3.8, 4) is 11.5 Å². The number of aliphatic hydroxyl groups is 1. The van der Waals surface area contributed by atoms with E-state index in [1.165, 1.54) is 14.2 Å². The summed E-state index contributed by atoms with van der Waals surface area (Å²) in [5.74, 6) is 1.49. The summed E-state index contributed by atoms with van der Waals surface area (Å²) >= 11 is 6.15. The molecule has 5 nitrogen and oxygen atoms in total. The Morgan fingerprint density at radius 3 is 2.70 bits per heavy atom. The SMILES string of the molecule is CCn1ccnc1C(O)c1cc(Cl)c(OC)c(OC)c1. The normalized spacial score (nSPS) is 12.2. The predicted octanol–water partition coefficient (Wildman–Crippen LogP) is 2.66. The van der Waals surface area contributed by atoms with E-state index >= 15 is 0 Å². The molecule has 1 aromatic carbocycles. The van der Waals surface area contributed by atoms with Crippen LogP contribution in [0.1, 0.15) is 24.4 Å². The molecule has 0 aliphatic rings. The van der Waals surface area contributed by atoms with Gasteiger partial charge in [-0.1, -0.05) is 11.6 Å². The third-order valence-corrected chi connectivity index (χ3v) is 3.39. The Labute approximate surface area is 122 Å². The van der Waals surface area contributed by atoms with Gasteiger partial charge in [-0.2, -0.15) is 0 Å². The van der Waals surface area contributed by atoms with Crippen LogP contribution in [0.3, 0.4) is 0 Å². The van der Waals surface area contributed by atoms with Gasteiger partial charge in [0.1, 0.15) is 11.9 Å². The number of imidazole rings is 1. The number of hydrogen-bond acceptors (Lipinski definition) is 4. The van der Waals surface area contributed by atoms with Gasteiger partial charge in [0, 0.05) is 18.9 Å². The molecule has 0 saturated carbocycles. The number of ether oxygens (including phenoxy) is 2. The van der Waals surface area contributed by atoms with Crippen LogP contribution in [0.5, 0.6) is 11.5 Å². The van der Waals surface area contributed by atoms with Gasteiger partial charge < -0.3 is 19.1 Å². The lowest BCUT2D eigenvalue weighted by molar-refractivity contribution is 0.204. The first kappa shape index (κ1) is 14.7. The van der Waals surface area contributed by atoms with Crippen LogP contribution in [-0.2, 0) is 6.54 Å². The van der Waals surface area contributed by atoms with Gasteiger partial charge in [0.05, 0.1) is 19.2 Å². The Morgan fingerprint density at radius 1 is 1.35 bits per heavy atom. The molecule has 20 heavy (non-hydrogen) atoms. The van der Waals surface area contributed by atoms with Crippen LogP contribution in [0.4, 0.5) is 0 Å². The van der Waals surface area contributed by atoms with Crippen LogP contribution >= 0.6 is 11.6 Å². The number of hydrogen-bond donors (Lipinski definition) is 1. The first-order valence-corrected chi connectivity index (χ1v) is 6.60. The van der Waals surface area contributed by atoms with Crippen molar-refractivity contribution in [1.29, 1.82) is 0 Å². The number of aromatic nitrogens is 2. The summed E-state index contributed by atoms with van der Waals surface area (Å²) in [5.41, 5.74) is 0.605. The zero-order chi connectivity index (χ0) is 14.7. The minimum absolute atomic E-state index is 0.385. The molecule has 0 aliphatic carbocycles. The van der Waals surface area contributed by atoms with E-state index in [0.717, 1.165) is 6.54 Å². The summed E-state index contributed by atoms with van der Waals surface area (Å²) in [4.78, 5) is 4.19. The van der Waals surface area contributed by atoms with Gasteiger partial charge in [0.15, 0.2) is 11.5 Å². The average Bonchev–Trinajstić information content (AvgIpc) is 2.93. The lowest BCUT2D eigenvalue weighted by Gasteiger charge is -2.16. The molecule has 2 aromatic rings. The Bertz CT molecular complexity index is 598. The molecule has 2 rings (SSSR count). The molecule has 1 aromatic heterocycles.